The fourth-order valence-corrected chi connectivity index (χ4v) is 2.50. The third kappa shape index (κ3) is 4.63. The smallest absolute Gasteiger partial charge is 0.238 e. The zero-order valence-electron chi connectivity index (χ0n) is 11.8. The van der Waals surface area contributed by atoms with Crippen LogP contribution in [0, 0.1) is 6.92 Å². The van der Waals surface area contributed by atoms with E-state index in [-0.39, 0.29) is 18.3 Å². The summed E-state index contributed by atoms with van der Waals surface area (Å²) in [6.07, 6.45) is 0. The maximum absolute atomic E-state index is 12.0. The number of rotatable bonds is 3. The molecule has 1 unspecified atom stereocenters. The van der Waals surface area contributed by atoms with Crippen LogP contribution < -0.4 is 10.6 Å². The van der Waals surface area contributed by atoms with Crippen LogP contribution in [0.4, 0.5) is 5.69 Å². The zero-order chi connectivity index (χ0) is 13.8. The fraction of sp³-hybridized carbons (Fsp3) is 0.500. The number of hydrogen-bond donors (Lipinski definition) is 2. The molecule has 0 bridgehead atoms. The molecule has 1 aromatic carbocycles. The van der Waals surface area contributed by atoms with E-state index >= 15 is 0 Å². The van der Waals surface area contributed by atoms with Gasteiger partial charge >= 0.3 is 0 Å². The van der Waals surface area contributed by atoms with Crippen LogP contribution in [0.3, 0.4) is 0 Å². The Bertz CT molecular complexity index is 468. The number of carbonyl (C=O) groups is 1. The largest absolute Gasteiger partial charge is 0.324 e. The number of anilines is 1. The number of amides is 1. The molecular formula is C14H21Cl2N3O. The molecular weight excluding hydrogens is 297 g/mol. The van der Waals surface area contributed by atoms with Gasteiger partial charge in [0.25, 0.3) is 0 Å². The summed E-state index contributed by atoms with van der Waals surface area (Å²) in [5.41, 5.74) is 1.76. The van der Waals surface area contributed by atoms with Crippen LogP contribution in [0.2, 0.25) is 5.02 Å². The minimum Gasteiger partial charge on any atom is -0.324 e. The van der Waals surface area contributed by atoms with Gasteiger partial charge < -0.3 is 10.6 Å². The summed E-state index contributed by atoms with van der Waals surface area (Å²) in [5, 5.41) is 6.77. The van der Waals surface area contributed by atoms with Crippen molar-refractivity contribution >= 4 is 35.6 Å². The molecule has 0 spiro atoms. The molecule has 1 heterocycles. The first-order valence-electron chi connectivity index (χ1n) is 6.57. The fourth-order valence-electron chi connectivity index (χ4n) is 2.21. The average Bonchev–Trinajstić information content (AvgIpc) is 2.36. The lowest BCUT2D eigenvalue weighted by Crippen LogP contribution is -2.51. The number of benzene rings is 1. The third-order valence-corrected chi connectivity index (χ3v) is 3.70. The van der Waals surface area contributed by atoms with Crippen molar-refractivity contribution in [3.8, 4) is 0 Å². The number of nitrogens with zero attached hydrogens (tertiary/aromatic N) is 1. The topological polar surface area (TPSA) is 44.4 Å². The highest BCUT2D eigenvalue weighted by molar-refractivity contribution is 6.33. The minimum absolute atomic E-state index is 0. The van der Waals surface area contributed by atoms with E-state index in [1.165, 1.54) is 0 Å². The minimum atomic E-state index is -0.0143. The molecule has 2 N–H and O–H groups in total. The SMILES string of the molecule is Cc1ccc(NC(=O)CN2CCNCC2C)c(Cl)c1.Cl. The molecule has 2 rings (SSSR count). The van der Waals surface area contributed by atoms with E-state index in [4.69, 9.17) is 11.6 Å². The lowest BCUT2D eigenvalue weighted by molar-refractivity contribution is -0.118. The average molecular weight is 318 g/mol. The Balaban J connectivity index is 0.00000200. The van der Waals surface area contributed by atoms with Gasteiger partial charge in [0, 0.05) is 25.7 Å². The van der Waals surface area contributed by atoms with Gasteiger partial charge in [-0.3, -0.25) is 9.69 Å². The van der Waals surface area contributed by atoms with Gasteiger partial charge in [-0.05, 0) is 31.5 Å². The highest BCUT2D eigenvalue weighted by atomic mass is 35.5. The van der Waals surface area contributed by atoms with Crippen LogP contribution >= 0.6 is 24.0 Å². The van der Waals surface area contributed by atoms with Crippen molar-refractivity contribution in [2.45, 2.75) is 19.9 Å². The Labute approximate surface area is 131 Å². The van der Waals surface area contributed by atoms with Crippen molar-refractivity contribution in [2.75, 3.05) is 31.5 Å². The number of aryl methyl sites for hydroxylation is 1. The second-order valence-corrected chi connectivity index (χ2v) is 5.46. The number of halogens is 2. The van der Waals surface area contributed by atoms with E-state index in [9.17, 15) is 4.79 Å². The first-order chi connectivity index (χ1) is 9.06. The molecule has 1 fully saturated rings. The van der Waals surface area contributed by atoms with E-state index < -0.39 is 0 Å². The molecule has 1 aliphatic heterocycles. The monoisotopic (exact) mass is 317 g/mol. The second kappa shape index (κ2) is 7.84. The van der Waals surface area contributed by atoms with Gasteiger partial charge in [0.15, 0.2) is 0 Å². The molecule has 112 valence electrons. The molecule has 0 saturated carbocycles. The maximum Gasteiger partial charge on any atom is 0.238 e. The predicted molar refractivity (Wildman–Crippen MR) is 86.0 cm³/mol. The van der Waals surface area contributed by atoms with Gasteiger partial charge in [0.1, 0.15) is 0 Å². The molecule has 6 heteroatoms. The van der Waals surface area contributed by atoms with Gasteiger partial charge in [-0.25, -0.2) is 0 Å². The molecule has 1 aromatic rings. The number of hydrogen-bond acceptors (Lipinski definition) is 3. The van der Waals surface area contributed by atoms with Crippen LogP contribution in [-0.2, 0) is 4.79 Å². The van der Waals surface area contributed by atoms with Gasteiger partial charge in [-0.2, -0.15) is 0 Å². The first kappa shape index (κ1) is 17.2. The van der Waals surface area contributed by atoms with Crippen molar-refractivity contribution in [2.24, 2.45) is 0 Å². The van der Waals surface area contributed by atoms with Gasteiger partial charge in [0.05, 0.1) is 17.3 Å². The molecule has 4 nitrogen and oxygen atoms in total. The van der Waals surface area contributed by atoms with Crippen molar-refractivity contribution in [1.29, 1.82) is 0 Å². The van der Waals surface area contributed by atoms with Crippen molar-refractivity contribution in [3.63, 3.8) is 0 Å². The van der Waals surface area contributed by atoms with E-state index in [1.54, 1.807) is 0 Å². The zero-order valence-corrected chi connectivity index (χ0v) is 13.4. The lowest BCUT2D eigenvalue weighted by atomic mass is 10.2. The Kier molecular flexibility index (Phi) is 6.76. The summed E-state index contributed by atoms with van der Waals surface area (Å²) in [4.78, 5) is 14.2. The Morgan fingerprint density at radius 3 is 2.95 bits per heavy atom. The van der Waals surface area contributed by atoms with E-state index in [1.807, 2.05) is 25.1 Å². The summed E-state index contributed by atoms with van der Waals surface area (Å²) in [7, 11) is 0. The predicted octanol–water partition coefficient (Wildman–Crippen LogP) is 2.30. The van der Waals surface area contributed by atoms with E-state index in [0.29, 0.717) is 23.3 Å². The van der Waals surface area contributed by atoms with Crippen LogP contribution in [0.25, 0.3) is 0 Å². The van der Waals surface area contributed by atoms with Crippen molar-refractivity contribution < 1.29 is 4.79 Å². The standard InChI is InChI=1S/C14H20ClN3O.ClH/c1-10-3-4-13(12(15)7-10)17-14(19)9-18-6-5-16-8-11(18)2;/h3-4,7,11,16H,5-6,8-9H2,1-2H3,(H,17,19);1H. The Hall–Kier alpha value is -0.810. The van der Waals surface area contributed by atoms with Gasteiger partial charge in [0.2, 0.25) is 5.91 Å². The van der Waals surface area contributed by atoms with Crippen molar-refractivity contribution in [1.82, 2.24) is 10.2 Å². The first-order valence-corrected chi connectivity index (χ1v) is 6.95. The Morgan fingerprint density at radius 1 is 1.55 bits per heavy atom. The summed E-state index contributed by atoms with van der Waals surface area (Å²) in [5.74, 6) is -0.0143. The highest BCUT2D eigenvalue weighted by Gasteiger charge is 2.20. The molecule has 0 radical (unpaired) electrons. The maximum atomic E-state index is 12.0. The second-order valence-electron chi connectivity index (χ2n) is 5.06. The van der Waals surface area contributed by atoms with Crippen molar-refractivity contribution in [3.05, 3.63) is 28.8 Å². The van der Waals surface area contributed by atoms with Gasteiger partial charge in [-0.15, -0.1) is 12.4 Å². The summed E-state index contributed by atoms with van der Waals surface area (Å²) in [6, 6.07) is 6.02. The molecule has 20 heavy (non-hydrogen) atoms. The summed E-state index contributed by atoms with van der Waals surface area (Å²) in [6.45, 7) is 7.27. The quantitative estimate of drug-likeness (QED) is 0.899. The van der Waals surface area contributed by atoms with Crippen LogP contribution in [-0.4, -0.2) is 43.0 Å². The summed E-state index contributed by atoms with van der Waals surface area (Å²) < 4.78 is 0. The molecule has 1 aliphatic rings. The molecule has 1 saturated heterocycles. The van der Waals surface area contributed by atoms with Gasteiger partial charge in [-0.1, -0.05) is 17.7 Å². The van der Waals surface area contributed by atoms with E-state index in [0.717, 1.165) is 25.2 Å². The van der Waals surface area contributed by atoms with E-state index in [2.05, 4.69) is 22.5 Å². The highest BCUT2D eigenvalue weighted by Crippen LogP contribution is 2.22. The molecule has 0 aliphatic carbocycles. The number of piperazine rings is 1. The molecule has 1 amide bonds. The Morgan fingerprint density at radius 2 is 2.30 bits per heavy atom. The summed E-state index contributed by atoms with van der Waals surface area (Å²) >= 11 is 6.11. The third-order valence-electron chi connectivity index (χ3n) is 3.38. The van der Waals surface area contributed by atoms with Crippen LogP contribution in [0.1, 0.15) is 12.5 Å². The number of carbonyl (C=O) groups excluding carboxylic acids is 1. The van der Waals surface area contributed by atoms with Crippen LogP contribution in [0.15, 0.2) is 18.2 Å². The number of nitrogens with one attached hydrogen (secondary N) is 2. The molecule has 0 aromatic heterocycles. The molecule has 1 atom stereocenters. The lowest BCUT2D eigenvalue weighted by Gasteiger charge is -2.33. The van der Waals surface area contributed by atoms with Crippen LogP contribution in [0.5, 0.6) is 0 Å². The normalized spacial score (nSPS) is 19.2.